The molecule has 0 bridgehead atoms. The number of nitro groups is 1. The first-order chi connectivity index (χ1) is 9.40. The molecule has 6 nitrogen and oxygen atoms in total. The van der Waals surface area contributed by atoms with Gasteiger partial charge in [-0.1, -0.05) is 11.6 Å². The Hall–Kier alpha value is -1.37. The summed E-state index contributed by atoms with van der Waals surface area (Å²) in [5.74, 6) is -0.797. The predicted octanol–water partition coefficient (Wildman–Crippen LogP) is 3.36. The summed E-state index contributed by atoms with van der Waals surface area (Å²) < 4.78 is 0. The third-order valence-corrected chi connectivity index (χ3v) is 3.23. The van der Waals surface area contributed by atoms with E-state index in [1.165, 1.54) is 18.2 Å². The van der Waals surface area contributed by atoms with E-state index in [2.05, 4.69) is 0 Å². The van der Waals surface area contributed by atoms with Crippen LogP contribution in [0.5, 0.6) is 0 Å². The molecule has 0 radical (unpaired) electrons. The van der Waals surface area contributed by atoms with E-state index in [-0.39, 0.29) is 24.5 Å². The fourth-order valence-electron chi connectivity index (χ4n) is 1.82. The van der Waals surface area contributed by atoms with E-state index in [9.17, 15) is 14.9 Å². The van der Waals surface area contributed by atoms with Crippen molar-refractivity contribution in [2.75, 3.05) is 13.6 Å². The van der Waals surface area contributed by atoms with Gasteiger partial charge in [0.15, 0.2) is 0 Å². The topological polar surface area (TPSA) is 83.7 Å². The zero-order valence-corrected chi connectivity index (χ0v) is 13.2. The van der Waals surface area contributed by atoms with E-state index in [0.29, 0.717) is 30.1 Å². The molecule has 0 aliphatic heterocycles. The average molecular weight is 337 g/mol. The van der Waals surface area contributed by atoms with E-state index >= 15 is 0 Å². The van der Waals surface area contributed by atoms with Gasteiger partial charge >= 0.3 is 5.97 Å². The lowest BCUT2D eigenvalue weighted by Gasteiger charge is -2.17. The summed E-state index contributed by atoms with van der Waals surface area (Å²) in [6, 6.07) is 4.36. The molecule has 0 amide bonds. The number of hydrogen-bond donors (Lipinski definition) is 1. The van der Waals surface area contributed by atoms with Gasteiger partial charge in [-0.15, -0.1) is 12.4 Å². The second kappa shape index (κ2) is 9.55. The molecular formula is C13H18Cl2N2O4. The van der Waals surface area contributed by atoms with Crippen molar-refractivity contribution in [2.45, 2.75) is 25.8 Å². The van der Waals surface area contributed by atoms with Gasteiger partial charge in [-0.05, 0) is 38.1 Å². The number of halogens is 2. The molecule has 8 heteroatoms. The molecule has 0 unspecified atom stereocenters. The lowest BCUT2D eigenvalue weighted by molar-refractivity contribution is -0.384. The Kier molecular flexibility index (Phi) is 8.92. The normalized spacial score (nSPS) is 10.2. The van der Waals surface area contributed by atoms with Gasteiger partial charge in [-0.2, -0.15) is 0 Å². The summed E-state index contributed by atoms with van der Waals surface area (Å²) >= 11 is 6.02. The maximum atomic E-state index is 10.7. The molecule has 1 rings (SSSR count). The Morgan fingerprint density at radius 1 is 1.43 bits per heavy atom. The molecule has 0 aliphatic rings. The van der Waals surface area contributed by atoms with Gasteiger partial charge in [0.05, 0.1) is 4.92 Å². The Balaban J connectivity index is 0.00000400. The molecule has 0 atom stereocenters. The van der Waals surface area contributed by atoms with Crippen molar-refractivity contribution in [3.8, 4) is 0 Å². The predicted molar refractivity (Wildman–Crippen MR) is 83.2 cm³/mol. The molecule has 21 heavy (non-hydrogen) atoms. The van der Waals surface area contributed by atoms with E-state index in [0.717, 1.165) is 6.42 Å². The highest BCUT2D eigenvalue weighted by Crippen LogP contribution is 2.23. The summed E-state index contributed by atoms with van der Waals surface area (Å²) in [5.41, 5.74) is 0.713. The largest absolute Gasteiger partial charge is 0.481 e. The van der Waals surface area contributed by atoms with Crippen molar-refractivity contribution in [3.63, 3.8) is 0 Å². The second-order valence-electron chi connectivity index (χ2n) is 4.62. The maximum absolute atomic E-state index is 10.7. The first kappa shape index (κ1) is 19.6. The molecule has 0 saturated heterocycles. The molecule has 0 aliphatic carbocycles. The highest BCUT2D eigenvalue weighted by Gasteiger charge is 2.11. The number of nitro benzene ring substituents is 1. The molecule has 118 valence electrons. The quantitative estimate of drug-likeness (QED) is 0.447. The molecule has 1 aromatic rings. The maximum Gasteiger partial charge on any atom is 0.303 e. The number of carboxylic acid groups (broad SMARTS) is 1. The van der Waals surface area contributed by atoms with Crippen LogP contribution in [0.1, 0.15) is 24.8 Å². The van der Waals surface area contributed by atoms with Gasteiger partial charge in [0.1, 0.15) is 0 Å². The average Bonchev–Trinajstić information content (AvgIpc) is 2.37. The summed E-state index contributed by atoms with van der Waals surface area (Å²) in [4.78, 5) is 22.6. The van der Waals surface area contributed by atoms with Gasteiger partial charge in [0, 0.05) is 30.1 Å². The van der Waals surface area contributed by atoms with Crippen molar-refractivity contribution in [3.05, 3.63) is 38.9 Å². The number of hydrogen-bond acceptors (Lipinski definition) is 4. The molecule has 0 saturated carbocycles. The highest BCUT2D eigenvalue weighted by atomic mass is 35.5. The van der Waals surface area contributed by atoms with Crippen molar-refractivity contribution in [1.29, 1.82) is 0 Å². The zero-order valence-electron chi connectivity index (χ0n) is 11.6. The number of rotatable bonds is 8. The van der Waals surface area contributed by atoms with Gasteiger partial charge in [-0.3, -0.25) is 14.9 Å². The van der Waals surface area contributed by atoms with Crippen LogP contribution in [0.15, 0.2) is 18.2 Å². The van der Waals surface area contributed by atoms with Crippen molar-refractivity contribution < 1.29 is 14.8 Å². The molecule has 0 aromatic heterocycles. The van der Waals surface area contributed by atoms with Crippen LogP contribution < -0.4 is 0 Å². The van der Waals surface area contributed by atoms with Gasteiger partial charge < -0.3 is 10.0 Å². The number of carboxylic acids is 1. The number of non-ortho nitro benzene ring substituents is 1. The van der Waals surface area contributed by atoms with Crippen LogP contribution >= 0.6 is 24.0 Å². The monoisotopic (exact) mass is 336 g/mol. The van der Waals surface area contributed by atoms with Gasteiger partial charge in [0.25, 0.3) is 5.69 Å². The fourth-order valence-corrected chi connectivity index (χ4v) is 2.00. The van der Waals surface area contributed by atoms with E-state index < -0.39 is 10.9 Å². The van der Waals surface area contributed by atoms with E-state index in [1.807, 2.05) is 11.9 Å². The smallest absolute Gasteiger partial charge is 0.303 e. The van der Waals surface area contributed by atoms with Crippen LogP contribution in [-0.2, 0) is 11.3 Å². The molecule has 0 spiro atoms. The van der Waals surface area contributed by atoms with Crippen LogP contribution in [0.2, 0.25) is 5.02 Å². The summed E-state index contributed by atoms with van der Waals surface area (Å²) in [7, 11) is 1.87. The van der Waals surface area contributed by atoms with E-state index in [4.69, 9.17) is 16.7 Å². The Morgan fingerprint density at radius 2 is 2.10 bits per heavy atom. The fraction of sp³-hybridized carbons (Fsp3) is 0.462. The number of unbranched alkanes of at least 4 members (excludes halogenated alkanes) is 1. The number of nitrogens with zero attached hydrogens (tertiary/aromatic N) is 2. The van der Waals surface area contributed by atoms with Crippen LogP contribution in [-0.4, -0.2) is 34.5 Å². The molecule has 1 aromatic carbocycles. The molecule has 1 N–H and O–H groups in total. The highest BCUT2D eigenvalue weighted by molar-refractivity contribution is 6.31. The van der Waals surface area contributed by atoms with Crippen molar-refractivity contribution >= 4 is 35.7 Å². The number of benzene rings is 1. The minimum atomic E-state index is -0.797. The summed E-state index contributed by atoms with van der Waals surface area (Å²) in [5, 5.41) is 19.7. The van der Waals surface area contributed by atoms with Crippen molar-refractivity contribution in [1.82, 2.24) is 4.90 Å². The lowest BCUT2D eigenvalue weighted by atomic mass is 10.1. The van der Waals surface area contributed by atoms with E-state index in [1.54, 1.807) is 0 Å². The van der Waals surface area contributed by atoms with Crippen LogP contribution in [0, 0.1) is 10.1 Å². The van der Waals surface area contributed by atoms with Crippen molar-refractivity contribution in [2.24, 2.45) is 0 Å². The Morgan fingerprint density at radius 3 is 2.67 bits per heavy atom. The molecular weight excluding hydrogens is 319 g/mol. The van der Waals surface area contributed by atoms with Crippen LogP contribution in [0.25, 0.3) is 0 Å². The minimum Gasteiger partial charge on any atom is -0.481 e. The van der Waals surface area contributed by atoms with Crippen LogP contribution in [0.3, 0.4) is 0 Å². The zero-order chi connectivity index (χ0) is 15.1. The van der Waals surface area contributed by atoms with Crippen LogP contribution in [0.4, 0.5) is 5.69 Å². The summed E-state index contributed by atoms with van der Waals surface area (Å²) in [6.07, 6.45) is 1.53. The van der Waals surface area contributed by atoms with Gasteiger partial charge in [0.2, 0.25) is 0 Å². The van der Waals surface area contributed by atoms with Gasteiger partial charge in [-0.25, -0.2) is 0 Å². The standard InChI is InChI=1S/C13H17ClN2O4.ClH/c1-15(7-3-2-4-13(17)18)9-10-8-11(16(19)20)5-6-12(10)14;/h5-6,8H,2-4,7,9H2,1H3,(H,17,18);1H. The first-order valence-electron chi connectivity index (χ1n) is 6.23. The Labute approximate surface area is 134 Å². The third-order valence-electron chi connectivity index (χ3n) is 2.86. The minimum absolute atomic E-state index is 0. The number of carbonyl (C=O) groups is 1. The molecule has 0 heterocycles. The lowest BCUT2D eigenvalue weighted by Crippen LogP contribution is -2.19. The Bertz CT molecular complexity index is 497. The summed E-state index contributed by atoms with van der Waals surface area (Å²) in [6.45, 7) is 1.21. The number of aliphatic carboxylic acids is 1. The first-order valence-corrected chi connectivity index (χ1v) is 6.61. The molecule has 0 fully saturated rings. The SMILES string of the molecule is CN(CCCCC(=O)O)Cc1cc([N+](=O)[O-])ccc1Cl.Cl. The second-order valence-corrected chi connectivity index (χ2v) is 5.03. The third kappa shape index (κ3) is 7.27.